The second-order valence-electron chi connectivity index (χ2n) is 8.37. The lowest BCUT2D eigenvalue weighted by Crippen LogP contribution is -2.27. The molecule has 0 radical (unpaired) electrons. The molecule has 186 valence electrons. The molecule has 36 heavy (non-hydrogen) atoms. The predicted octanol–water partition coefficient (Wildman–Crippen LogP) is 4.32. The Labute approximate surface area is 217 Å². The summed E-state index contributed by atoms with van der Waals surface area (Å²) in [4.78, 5) is 24.8. The third-order valence-corrected chi connectivity index (χ3v) is 6.87. The average molecular weight is 550 g/mol. The third-order valence-electron chi connectivity index (χ3n) is 6.29. The van der Waals surface area contributed by atoms with Crippen molar-refractivity contribution < 1.29 is 4.79 Å². The van der Waals surface area contributed by atoms with Gasteiger partial charge in [0.15, 0.2) is 11.3 Å². The number of imidazole rings is 1. The fraction of sp³-hybridized carbons (Fsp3) is 0.320. The highest BCUT2D eigenvalue weighted by atomic mass is 79.9. The molecule has 0 bridgehead atoms. The summed E-state index contributed by atoms with van der Waals surface area (Å²) < 4.78 is 6.39. The van der Waals surface area contributed by atoms with E-state index in [0.717, 1.165) is 53.1 Å². The van der Waals surface area contributed by atoms with E-state index >= 15 is 0 Å². The van der Waals surface area contributed by atoms with Gasteiger partial charge in [0.25, 0.3) is 5.91 Å². The van der Waals surface area contributed by atoms with Crippen LogP contribution < -0.4 is 5.32 Å². The molecule has 0 atom stereocenters. The summed E-state index contributed by atoms with van der Waals surface area (Å²) in [5.74, 6) is 0.159. The second-order valence-corrected chi connectivity index (χ2v) is 9.22. The highest BCUT2D eigenvalue weighted by molar-refractivity contribution is 9.10. The van der Waals surface area contributed by atoms with Crippen molar-refractivity contribution in [3.63, 3.8) is 0 Å². The lowest BCUT2D eigenvalue weighted by atomic mass is 10.3. The summed E-state index contributed by atoms with van der Waals surface area (Å²) in [6, 6.07) is 11.4. The van der Waals surface area contributed by atoms with E-state index < -0.39 is 0 Å². The number of benzene rings is 1. The Morgan fingerprint density at radius 3 is 2.67 bits per heavy atom. The number of aryl methyl sites for hydroxylation is 1. The standard InChI is InChI=1S/C25H28BrN9O/c1-4-32(5-2)13-14-34-20-10-8-7-9-18(20)28-25(34)29-24(36)19-15-22-27-12-11-21(35(22)30-19)23-17(26)16-33(6-3)31-23/h7-12,15-16H,4-6,13-14H2,1-3H3,(H,28,29,36). The number of rotatable bonds is 9. The van der Waals surface area contributed by atoms with E-state index in [-0.39, 0.29) is 11.6 Å². The number of hydrogen-bond acceptors (Lipinski definition) is 6. The van der Waals surface area contributed by atoms with Crippen LogP contribution in [0.5, 0.6) is 0 Å². The van der Waals surface area contributed by atoms with Crippen LogP contribution >= 0.6 is 15.9 Å². The number of halogens is 1. The first-order valence-corrected chi connectivity index (χ1v) is 12.9. The Hall–Kier alpha value is -3.57. The largest absolute Gasteiger partial charge is 0.309 e. The molecule has 0 aliphatic heterocycles. The van der Waals surface area contributed by atoms with Gasteiger partial charge in [-0.3, -0.25) is 14.8 Å². The number of nitrogens with zero attached hydrogens (tertiary/aromatic N) is 8. The van der Waals surface area contributed by atoms with Crippen LogP contribution in [0.2, 0.25) is 0 Å². The highest BCUT2D eigenvalue weighted by Gasteiger charge is 2.20. The zero-order valence-corrected chi connectivity index (χ0v) is 22.1. The van der Waals surface area contributed by atoms with Gasteiger partial charge in [-0.05, 0) is 54.1 Å². The Morgan fingerprint density at radius 1 is 1.11 bits per heavy atom. The molecule has 0 saturated heterocycles. The van der Waals surface area contributed by atoms with E-state index in [9.17, 15) is 4.79 Å². The van der Waals surface area contributed by atoms with Gasteiger partial charge in [-0.15, -0.1) is 0 Å². The first-order valence-electron chi connectivity index (χ1n) is 12.1. The zero-order valence-electron chi connectivity index (χ0n) is 20.5. The molecule has 1 aromatic carbocycles. The molecule has 0 unspecified atom stereocenters. The first-order chi connectivity index (χ1) is 17.5. The Bertz CT molecular complexity index is 1530. The van der Waals surface area contributed by atoms with E-state index in [1.54, 1.807) is 16.8 Å². The number of nitrogens with one attached hydrogen (secondary N) is 1. The van der Waals surface area contributed by atoms with Gasteiger partial charge in [-0.25, -0.2) is 14.5 Å². The molecule has 0 aliphatic carbocycles. The highest BCUT2D eigenvalue weighted by Crippen LogP contribution is 2.27. The molecule has 10 nitrogen and oxygen atoms in total. The monoisotopic (exact) mass is 549 g/mol. The van der Waals surface area contributed by atoms with Gasteiger partial charge < -0.3 is 9.47 Å². The lowest BCUT2D eigenvalue weighted by molar-refractivity contribution is 0.102. The molecule has 1 N–H and O–H groups in total. The molecule has 11 heteroatoms. The maximum absolute atomic E-state index is 13.3. The Kier molecular flexibility index (Phi) is 6.84. The van der Waals surface area contributed by atoms with Crippen LogP contribution in [0.25, 0.3) is 28.1 Å². The van der Waals surface area contributed by atoms with Gasteiger partial charge in [0, 0.05) is 38.1 Å². The lowest BCUT2D eigenvalue weighted by Gasteiger charge is -2.19. The van der Waals surface area contributed by atoms with Crippen molar-refractivity contribution in [1.29, 1.82) is 0 Å². The van der Waals surface area contributed by atoms with E-state index in [1.165, 1.54) is 0 Å². The normalized spacial score (nSPS) is 11.7. The van der Waals surface area contributed by atoms with Crippen LogP contribution in [0.4, 0.5) is 5.95 Å². The maximum Gasteiger partial charge on any atom is 0.278 e. The van der Waals surface area contributed by atoms with Gasteiger partial charge in [-0.1, -0.05) is 26.0 Å². The minimum atomic E-state index is -0.344. The van der Waals surface area contributed by atoms with E-state index in [2.05, 4.69) is 59.7 Å². The number of aromatic nitrogens is 7. The molecule has 1 amide bonds. The summed E-state index contributed by atoms with van der Waals surface area (Å²) in [6.07, 6.45) is 3.61. The molecular formula is C25H28BrN9O. The number of para-hydroxylation sites is 2. The molecule has 5 rings (SSSR count). The fourth-order valence-corrected chi connectivity index (χ4v) is 4.78. The number of carbonyl (C=O) groups is 1. The number of fused-ring (bicyclic) bond motifs is 2. The van der Waals surface area contributed by atoms with Crippen molar-refractivity contribution in [2.45, 2.75) is 33.9 Å². The van der Waals surface area contributed by atoms with Crippen molar-refractivity contribution in [2.24, 2.45) is 0 Å². The number of carbonyl (C=O) groups excluding carboxylic acids is 1. The number of amides is 1. The van der Waals surface area contributed by atoms with Crippen LogP contribution in [-0.2, 0) is 13.1 Å². The molecule has 0 aliphatic rings. The van der Waals surface area contributed by atoms with Gasteiger partial charge in [-0.2, -0.15) is 10.2 Å². The maximum atomic E-state index is 13.3. The summed E-state index contributed by atoms with van der Waals surface area (Å²) in [5, 5.41) is 12.2. The fourth-order valence-electron chi connectivity index (χ4n) is 4.26. The SMILES string of the molecule is CCN(CC)CCn1c(NC(=O)c2cc3nccc(-c4nn(CC)cc4Br)n3n2)nc2ccccc21. The summed E-state index contributed by atoms with van der Waals surface area (Å²) in [5.41, 5.74) is 4.11. The number of anilines is 1. The van der Waals surface area contributed by atoms with Gasteiger partial charge in [0.1, 0.15) is 5.69 Å². The topological polar surface area (TPSA) is 98.2 Å². The number of hydrogen-bond donors (Lipinski definition) is 1. The van der Waals surface area contributed by atoms with Crippen LogP contribution in [0.1, 0.15) is 31.3 Å². The molecule has 4 aromatic heterocycles. The van der Waals surface area contributed by atoms with Gasteiger partial charge >= 0.3 is 0 Å². The molecule has 0 fully saturated rings. The molecule has 5 aromatic rings. The summed E-state index contributed by atoms with van der Waals surface area (Å²) in [6.45, 7) is 10.6. The van der Waals surface area contributed by atoms with E-state index in [0.29, 0.717) is 18.1 Å². The predicted molar refractivity (Wildman–Crippen MR) is 143 cm³/mol. The van der Waals surface area contributed by atoms with Crippen molar-refractivity contribution >= 4 is 44.5 Å². The minimum absolute atomic E-state index is 0.253. The summed E-state index contributed by atoms with van der Waals surface area (Å²) >= 11 is 3.58. The van der Waals surface area contributed by atoms with Gasteiger partial charge in [0.2, 0.25) is 5.95 Å². The average Bonchev–Trinajstić information content (AvgIpc) is 3.59. The van der Waals surface area contributed by atoms with Crippen molar-refractivity contribution in [1.82, 2.24) is 38.8 Å². The molecule has 0 spiro atoms. The van der Waals surface area contributed by atoms with E-state index in [1.807, 2.05) is 48.1 Å². The van der Waals surface area contributed by atoms with E-state index in [4.69, 9.17) is 4.98 Å². The van der Waals surface area contributed by atoms with Crippen molar-refractivity contribution in [3.05, 3.63) is 59.0 Å². The Morgan fingerprint density at radius 2 is 1.92 bits per heavy atom. The van der Waals surface area contributed by atoms with Crippen LogP contribution in [0.15, 0.2) is 53.3 Å². The van der Waals surface area contributed by atoms with Crippen LogP contribution in [0.3, 0.4) is 0 Å². The molecular weight excluding hydrogens is 522 g/mol. The zero-order chi connectivity index (χ0) is 25.2. The minimum Gasteiger partial charge on any atom is -0.309 e. The first kappa shape index (κ1) is 24.1. The Balaban J connectivity index is 1.47. The van der Waals surface area contributed by atoms with Crippen molar-refractivity contribution in [2.75, 3.05) is 25.0 Å². The molecule has 4 heterocycles. The van der Waals surface area contributed by atoms with Crippen LogP contribution in [-0.4, -0.2) is 64.4 Å². The van der Waals surface area contributed by atoms with Gasteiger partial charge in [0.05, 0.1) is 21.2 Å². The third kappa shape index (κ3) is 4.51. The smallest absolute Gasteiger partial charge is 0.278 e. The molecule has 0 saturated carbocycles. The number of likely N-dealkylation sites (N-methyl/N-ethyl adjacent to an activating group) is 1. The van der Waals surface area contributed by atoms with Crippen LogP contribution in [0, 0.1) is 0 Å². The second kappa shape index (κ2) is 10.2. The van der Waals surface area contributed by atoms with Crippen molar-refractivity contribution in [3.8, 4) is 11.4 Å². The summed E-state index contributed by atoms with van der Waals surface area (Å²) in [7, 11) is 0. The quantitative estimate of drug-likeness (QED) is 0.294.